The van der Waals surface area contributed by atoms with E-state index in [9.17, 15) is 4.79 Å². The van der Waals surface area contributed by atoms with Crippen LogP contribution in [-0.2, 0) is 0 Å². The van der Waals surface area contributed by atoms with Gasteiger partial charge in [0, 0.05) is 24.3 Å². The summed E-state index contributed by atoms with van der Waals surface area (Å²) >= 11 is 0. The SMILES string of the molecule is COc1cccc2cc(C(=O)N3CCCC(Oc4ccncc4)C3)oc12. The Balaban J connectivity index is 1.50. The number of hydrogen-bond acceptors (Lipinski definition) is 5. The second-order valence-corrected chi connectivity index (χ2v) is 6.31. The van der Waals surface area contributed by atoms with E-state index in [0.29, 0.717) is 30.2 Å². The third-order valence-electron chi connectivity index (χ3n) is 4.56. The van der Waals surface area contributed by atoms with E-state index in [-0.39, 0.29) is 12.0 Å². The molecule has 0 N–H and O–H groups in total. The molecule has 3 heterocycles. The zero-order valence-corrected chi connectivity index (χ0v) is 14.6. The Hall–Kier alpha value is -3.02. The minimum absolute atomic E-state index is 0.0333. The Bertz CT molecular complexity index is 907. The number of nitrogens with zero attached hydrogens (tertiary/aromatic N) is 2. The maximum Gasteiger partial charge on any atom is 0.289 e. The van der Waals surface area contributed by atoms with E-state index in [1.165, 1.54) is 0 Å². The Morgan fingerprint density at radius 2 is 2.12 bits per heavy atom. The zero-order valence-electron chi connectivity index (χ0n) is 14.6. The van der Waals surface area contributed by atoms with Crippen LogP contribution in [0.3, 0.4) is 0 Å². The van der Waals surface area contributed by atoms with E-state index >= 15 is 0 Å². The van der Waals surface area contributed by atoms with Crippen molar-refractivity contribution in [3.63, 3.8) is 0 Å². The normalized spacial score (nSPS) is 17.3. The standard InChI is InChI=1S/C20H20N2O4/c1-24-17-6-2-4-14-12-18(26-19(14)17)20(23)22-11-3-5-16(13-22)25-15-7-9-21-10-8-15/h2,4,6-10,12,16H,3,5,11,13H2,1H3. The fourth-order valence-corrected chi connectivity index (χ4v) is 3.29. The molecule has 6 nitrogen and oxygen atoms in total. The predicted molar refractivity (Wildman–Crippen MR) is 96.6 cm³/mol. The molecule has 0 bridgehead atoms. The van der Waals surface area contributed by atoms with Crippen LogP contribution in [0.1, 0.15) is 23.4 Å². The van der Waals surface area contributed by atoms with E-state index in [4.69, 9.17) is 13.9 Å². The highest BCUT2D eigenvalue weighted by atomic mass is 16.5. The molecule has 0 radical (unpaired) electrons. The Kier molecular flexibility index (Phi) is 4.48. The third-order valence-corrected chi connectivity index (χ3v) is 4.56. The number of fused-ring (bicyclic) bond motifs is 1. The lowest BCUT2D eigenvalue weighted by Crippen LogP contribution is -2.44. The van der Waals surface area contributed by atoms with Crippen LogP contribution in [0.5, 0.6) is 11.5 Å². The van der Waals surface area contributed by atoms with Gasteiger partial charge >= 0.3 is 0 Å². The molecule has 1 aromatic carbocycles. The molecule has 1 aliphatic heterocycles. The number of hydrogen-bond donors (Lipinski definition) is 0. The summed E-state index contributed by atoms with van der Waals surface area (Å²) in [6, 6.07) is 11.0. The quantitative estimate of drug-likeness (QED) is 0.719. The lowest BCUT2D eigenvalue weighted by atomic mass is 10.1. The fourth-order valence-electron chi connectivity index (χ4n) is 3.29. The van der Waals surface area contributed by atoms with Crippen molar-refractivity contribution in [3.05, 3.63) is 54.6 Å². The van der Waals surface area contributed by atoms with Crippen LogP contribution >= 0.6 is 0 Å². The van der Waals surface area contributed by atoms with Gasteiger partial charge in [0.1, 0.15) is 11.9 Å². The molecule has 3 aromatic rings. The largest absolute Gasteiger partial charge is 0.493 e. The van der Waals surface area contributed by atoms with Gasteiger partial charge in [0.05, 0.1) is 13.7 Å². The fraction of sp³-hybridized carbons (Fsp3) is 0.300. The number of aromatic nitrogens is 1. The molecule has 1 aliphatic rings. The summed E-state index contributed by atoms with van der Waals surface area (Å²) in [5.74, 6) is 1.60. The first kappa shape index (κ1) is 16.4. The molecular formula is C20H20N2O4. The molecule has 1 atom stereocenters. The van der Waals surface area contributed by atoms with Crippen LogP contribution in [0.2, 0.25) is 0 Å². The number of methoxy groups -OCH3 is 1. The number of rotatable bonds is 4. The molecule has 0 aliphatic carbocycles. The molecule has 0 saturated carbocycles. The van der Waals surface area contributed by atoms with Crippen molar-refractivity contribution < 1.29 is 18.7 Å². The van der Waals surface area contributed by atoms with Gasteiger partial charge in [-0.25, -0.2) is 0 Å². The highest BCUT2D eigenvalue weighted by Gasteiger charge is 2.28. The Morgan fingerprint density at radius 3 is 2.92 bits per heavy atom. The monoisotopic (exact) mass is 352 g/mol. The van der Waals surface area contributed by atoms with E-state index in [1.54, 1.807) is 30.5 Å². The van der Waals surface area contributed by atoms with Gasteiger partial charge in [-0.1, -0.05) is 12.1 Å². The van der Waals surface area contributed by atoms with E-state index in [0.717, 1.165) is 24.0 Å². The number of piperidine rings is 1. The number of pyridine rings is 1. The van der Waals surface area contributed by atoms with Crippen LogP contribution in [0.25, 0.3) is 11.0 Å². The van der Waals surface area contributed by atoms with Crippen molar-refractivity contribution >= 4 is 16.9 Å². The first-order valence-electron chi connectivity index (χ1n) is 8.67. The van der Waals surface area contributed by atoms with Crippen molar-refractivity contribution in [2.24, 2.45) is 0 Å². The number of carbonyl (C=O) groups is 1. The van der Waals surface area contributed by atoms with Crippen molar-refractivity contribution in [3.8, 4) is 11.5 Å². The summed E-state index contributed by atoms with van der Waals surface area (Å²) in [4.78, 5) is 18.7. The number of benzene rings is 1. The summed E-state index contributed by atoms with van der Waals surface area (Å²) in [6.07, 6.45) is 5.17. The third kappa shape index (κ3) is 3.22. The number of likely N-dealkylation sites (tertiary alicyclic amines) is 1. The molecule has 4 rings (SSSR count). The number of para-hydroxylation sites is 1. The maximum absolute atomic E-state index is 12.9. The van der Waals surface area contributed by atoms with Gasteiger partial charge in [-0.05, 0) is 37.1 Å². The van der Waals surface area contributed by atoms with Crippen LogP contribution in [0.4, 0.5) is 0 Å². The molecule has 134 valence electrons. The molecule has 1 saturated heterocycles. The minimum Gasteiger partial charge on any atom is -0.493 e. The minimum atomic E-state index is -0.119. The number of furan rings is 1. The number of amides is 1. The molecule has 1 amide bonds. The summed E-state index contributed by atoms with van der Waals surface area (Å²) in [7, 11) is 1.59. The Labute approximate surface area is 151 Å². The second-order valence-electron chi connectivity index (χ2n) is 6.31. The van der Waals surface area contributed by atoms with Crippen LogP contribution < -0.4 is 9.47 Å². The molecule has 26 heavy (non-hydrogen) atoms. The van der Waals surface area contributed by atoms with Gasteiger partial charge in [-0.3, -0.25) is 9.78 Å². The lowest BCUT2D eigenvalue weighted by molar-refractivity contribution is 0.0512. The van der Waals surface area contributed by atoms with Gasteiger partial charge in [0.15, 0.2) is 17.1 Å². The molecular weight excluding hydrogens is 332 g/mol. The average Bonchev–Trinajstić information content (AvgIpc) is 3.12. The van der Waals surface area contributed by atoms with Crippen LogP contribution in [0, 0.1) is 0 Å². The van der Waals surface area contributed by atoms with E-state index in [1.807, 2.05) is 30.3 Å². The molecule has 6 heteroatoms. The smallest absolute Gasteiger partial charge is 0.289 e. The van der Waals surface area contributed by atoms with E-state index < -0.39 is 0 Å². The molecule has 1 fully saturated rings. The summed E-state index contributed by atoms with van der Waals surface area (Å²) < 4.78 is 17.1. The van der Waals surface area contributed by atoms with Crippen molar-refractivity contribution in [1.82, 2.24) is 9.88 Å². The van der Waals surface area contributed by atoms with Gasteiger partial charge in [0.25, 0.3) is 5.91 Å². The second kappa shape index (κ2) is 7.07. The Morgan fingerprint density at radius 1 is 1.27 bits per heavy atom. The van der Waals surface area contributed by atoms with Gasteiger partial charge in [-0.15, -0.1) is 0 Å². The van der Waals surface area contributed by atoms with E-state index in [2.05, 4.69) is 4.98 Å². The zero-order chi connectivity index (χ0) is 17.9. The van der Waals surface area contributed by atoms with Crippen molar-refractivity contribution in [2.75, 3.05) is 20.2 Å². The summed E-state index contributed by atoms with van der Waals surface area (Å²) in [5.41, 5.74) is 0.597. The molecule has 1 unspecified atom stereocenters. The highest BCUT2D eigenvalue weighted by Crippen LogP contribution is 2.29. The number of ether oxygens (including phenoxy) is 2. The first-order valence-corrected chi connectivity index (χ1v) is 8.67. The van der Waals surface area contributed by atoms with Crippen molar-refractivity contribution in [1.29, 1.82) is 0 Å². The maximum atomic E-state index is 12.9. The molecule has 2 aromatic heterocycles. The predicted octanol–water partition coefficient (Wildman–Crippen LogP) is 3.52. The lowest BCUT2D eigenvalue weighted by Gasteiger charge is -2.32. The first-order chi connectivity index (χ1) is 12.7. The van der Waals surface area contributed by atoms with Crippen LogP contribution in [-0.4, -0.2) is 42.1 Å². The topological polar surface area (TPSA) is 64.8 Å². The highest BCUT2D eigenvalue weighted by molar-refractivity contribution is 5.97. The molecule has 0 spiro atoms. The number of carbonyl (C=O) groups excluding carboxylic acids is 1. The van der Waals surface area contributed by atoms with Crippen molar-refractivity contribution in [2.45, 2.75) is 18.9 Å². The van der Waals surface area contributed by atoms with Crippen LogP contribution in [0.15, 0.2) is 53.2 Å². The van der Waals surface area contributed by atoms with Gasteiger partial charge < -0.3 is 18.8 Å². The summed E-state index contributed by atoms with van der Waals surface area (Å²) in [5, 5.41) is 0.856. The van der Waals surface area contributed by atoms with Gasteiger partial charge in [0.2, 0.25) is 0 Å². The summed E-state index contributed by atoms with van der Waals surface area (Å²) in [6.45, 7) is 1.23. The van der Waals surface area contributed by atoms with Gasteiger partial charge in [-0.2, -0.15) is 0 Å². The average molecular weight is 352 g/mol.